The monoisotopic (exact) mass is 229 g/mol. The van der Waals surface area contributed by atoms with Gasteiger partial charge in [0.2, 0.25) is 0 Å². The molecule has 2 rings (SSSR count). The topological polar surface area (TPSA) is 12.0 Å². The average Bonchev–Trinajstić information content (AvgIpc) is 2.29. The van der Waals surface area contributed by atoms with E-state index in [0.29, 0.717) is 0 Å². The maximum atomic E-state index is 13.3. The summed E-state index contributed by atoms with van der Waals surface area (Å²) < 4.78 is 13.3. The first-order chi connectivity index (χ1) is 8.19. The highest BCUT2D eigenvalue weighted by Crippen LogP contribution is 2.22. The first-order valence-electron chi connectivity index (χ1n) is 5.70. The van der Waals surface area contributed by atoms with Gasteiger partial charge in [-0.15, -0.1) is 0 Å². The van der Waals surface area contributed by atoms with Crippen molar-refractivity contribution in [2.24, 2.45) is 0 Å². The van der Waals surface area contributed by atoms with E-state index in [1.54, 1.807) is 12.1 Å². The molecule has 0 aliphatic heterocycles. The van der Waals surface area contributed by atoms with Gasteiger partial charge in [0, 0.05) is 6.54 Å². The predicted molar refractivity (Wildman–Crippen MR) is 69.3 cm³/mol. The van der Waals surface area contributed by atoms with Gasteiger partial charge in [-0.1, -0.05) is 30.3 Å². The van der Waals surface area contributed by atoms with Crippen molar-refractivity contribution in [3.05, 3.63) is 59.4 Å². The smallest absolute Gasteiger partial charge is 0.124 e. The normalized spacial score (nSPS) is 10.5. The van der Waals surface area contributed by atoms with Crippen molar-refractivity contribution < 1.29 is 4.39 Å². The van der Waals surface area contributed by atoms with Gasteiger partial charge in [-0.3, -0.25) is 0 Å². The Kier molecular flexibility index (Phi) is 3.55. The number of hydrogen-bond acceptors (Lipinski definition) is 1. The molecule has 17 heavy (non-hydrogen) atoms. The highest BCUT2D eigenvalue weighted by atomic mass is 19.1. The Hall–Kier alpha value is -1.67. The van der Waals surface area contributed by atoms with Gasteiger partial charge in [0.1, 0.15) is 5.82 Å². The Morgan fingerprint density at radius 2 is 1.71 bits per heavy atom. The standard InChI is InChI=1S/C15H16FN/c1-11-7-14(9-15(16)8-11)13-5-3-12(4-6-13)10-17-2/h3-9,17H,10H2,1-2H3. The number of hydrogen-bond donors (Lipinski definition) is 1. The molecule has 2 aromatic carbocycles. The van der Waals surface area contributed by atoms with Gasteiger partial charge in [0.25, 0.3) is 0 Å². The molecule has 88 valence electrons. The summed E-state index contributed by atoms with van der Waals surface area (Å²) >= 11 is 0. The first kappa shape index (κ1) is 11.8. The van der Waals surface area contributed by atoms with E-state index in [9.17, 15) is 4.39 Å². The Labute approximate surface area is 101 Å². The SMILES string of the molecule is CNCc1ccc(-c2cc(C)cc(F)c2)cc1. The highest BCUT2D eigenvalue weighted by Gasteiger charge is 2.01. The van der Waals surface area contributed by atoms with Crippen LogP contribution in [0.15, 0.2) is 42.5 Å². The van der Waals surface area contributed by atoms with Gasteiger partial charge in [0.15, 0.2) is 0 Å². The van der Waals surface area contributed by atoms with Gasteiger partial charge in [-0.2, -0.15) is 0 Å². The maximum absolute atomic E-state index is 13.3. The predicted octanol–water partition coefficient (Wildman–Crippen LogP) is 3.52. The van der Waals surface area contributed by atoms with Crippen LogP contribution in [-0.2, 0) is 6.54 Å². The molecular formula is C15H16FN. The molecule has 0 spiro atoms. The second-order valence-electron chi connectivity index (χ2n) is 4.24. The molecule has 1 nitrogen and oxygen atoms in total. The van der Waals surface area contributed by atoms with Crippen LogP contribution >= 0.6 is 0 Å². The van der Waals surface area contributed by atoms with Crippen LogP contribution in [0.4, 0.5) is 4.39 Å². The van der Waals surface area contributed by atoms with Crippen molar-refractivity contribution in [3.63, 3.8) is 0 Å². The minimum absolute atomic E-state index is 0.181. The second kappa shape index (κ2) is 5.11. The summed E-state index contributed by atoms with van der Waals surface area (Å²) in [7, 11) is 1.92. The molecule has 0 amide bonds. The van der Waals surface area contributed by atoms with Gasteiger partial charge in [-0.25, -0.2) is 4.39 Å². The number of benzene rings is 2. The number of nitrogens with one attached hydrogen (secondary N) is 1. The summed E-state index contributed by atoms with van der Waals surface area (Å²) in [5.41, 5.74) is 4.15. The summed E-state index contributed by atoms with van der Waals surface area (Å²) in [6.07, 6.45) is 0. The lowest BCUT2D eigenvalue weighted by Gasteiger charge is -2.05. The van der Waals surface area contributed by atoms with Crippen LogP contribution in [0.1, 0.15) is 11.1 Å². The molecule has 0 unspecified atom stereocenters. The van der Waals surface area contributed by atoms with Crippen LogP contribution in [0, 0.1) is 12.7 Å². The molecular weight excluding hydrogens is 213 g/mol. The molecule has 0 aromatic heterocycles. The molecule has 0 saturated carbocycles. The van der Waals surface area contributed by atoms with E-state index in [1.807, 2.05) is 32.2 Å². The lowest BCUT2D eigenvalue weighted by atomic mass is 10.0. The van der Waals surface area contributed by atoms with Crippen molar-refractivity contribution >= 4 is 0 Å². The Morgan fingerprint density at radius 1 is 1.00 bits per heavy atom. The molecule has 2 heteroatoms. The molecule has 0 fully saturated rings. The summed E-state index contributed by atoms with van der Waals surface area (Å²) in [6.45, 7) is 2.75. The fraction of sp³-hybridized carbons (Fsp3) is 0.200. The van der Waals surface area contributed by atoms with Gasteiger partial charge < -0.3 is 5.32 Å². The third-order valence-electron chi connectivity index (χ3n) is 2.71. The minimum Gasteiger partial charge on any atom is -0.316 e. The van der Waals surface area contributed by atoms with Crippen molar-refractivity contribution in [2.45, 2.75) is 13.5 Å². The Balaban J connectivity index is 2.32. The van der Waals surface area contributed by atoms with E-state index in [4.69, 9.17) is 0 Å². The quantitative estimate of drug-likeness (QED) is 0.849. The third kappa shape index (κ3) is 2.92. The van der Waals surface area contributed by atoms with Crippen molar-refractivity contribution in [1.82, 2.24) is 5.32 Å². The van der Waals surface area contributed by atoms with Crippen LogP contribution in [0.25, 0.3) is 11.1 Å². The number of aryl methyl sites for hydroxylation is 1. The van der Waals surface area contributed by atoms with Crippen molar-refractivity contribution in [3.8, 4) is 11.1 Å². The van der Waals surface area contributed by atoms with E-state index in [0.717, 1.165) is 23.2 Å². The third-order valence-corrected chi connectivity index (χ3v) is 2.71. The van der Waals surface area contributed by atoms with E-state index in [1.165, 1.54) is 5.56 Å². The molecule has 0 atom stereocenters. The molecule has 0 bridgehead atoms. The zero-order chi connectivity index (χ0) is 12.3. The maximum Gasteiger partial charge on any atom is 0.124 e. The summed E-state index contributed by atoms with van der Waals surface area (Å²) in [5.74, 6) is -0.181. The first-order valence-corrected chi connectivity index (χ1v) is 5.70. The van der Waals surface area contributed by atoms with E-state index in [-0.39, 0.29) is 5.82 Å². The minimum atomic E-state index is -0.181. The van der Waals surface area contributed by atoms with Gasteiger partial charge >= 0.3 is 0 Å². The lowest BCUT2D eigenvalue weighted by Crippen LogP contribution is -2.04. The van der Waals surface area contributed by atoms with E-state index >= 15 is 0 Å². The Morgan fingerprint density at radius 3 is 2.29 bits per heavy atom. The molecule has 0 aliphatic rings. The average molecular weight is 229 g/mol. The van der Waals surface area contributed by atoms with Gasteiger partial charge in [-0.05, 0) is 48.4 Å². The molecule has 0 aliphatic carbocycles. The number of rotatable bonds is 3. The largest absolute Gasteiger partial charge is 0.316 e. The van der Waals surface area contributed by atoms with Crippen LogP contribution < -0.4 is 5.32 Å². The van der Waals surface area contributed by atoms with E-state index < -0.39 is 0 Å². The van der Waals surface area contributed by atoms with Crippen LogP contribution in [0.2, 0.25) is 0 Å². The van der Waals surface area contributed by atoms with Crippen LogP contribution in [0.3, 0.4) is 0 Å². The zero-order valence-corrected chi connectivity index (χ0v) is 10.1. The molecule has 0 saturated heterocycles. The molecule has 1 N–H and O–H groups in total. The molecule has 2 aromatic rings. The second-order valence-corrected chi connectivity index (χ2v) is 4.24. The summed E-state index contributed by atoms with van der Waals surface area (Å²) in [6, 6.07) is 13.3. The molecule has 0 heterocycles. The van der Waals surface area contributed by atoms with Crippen LogP contribution in [-0.4, -0.2) is 7.05 Å². The fourth-order valence-corrected chi connectivity index (χ4v) is 1.92. The van der Waals surface area contributed by atoms with Crippen molar-refractivity contribution in [1.29, 1.82) is 0 Å². The summed E-state index contributed by atoms with van der Waals surface area (Å²) in [4.78, 5) is 0. The van der Waals surface area contributed by atoms with E-state index in [2.05, 4.69) is 17.4 Å². The highest BCUT2D eigenvalue weighted by molar-refractivity contribution is 5.64. The lowest BCUT2D eigenvalue weighted by molar-refractivity contribution is 0.627. The summed E-state index contributed by atoms with van der Waals surface area (Å²) in [5, 5.41) is 3.10. The van der Waals surface area contributed by atoms with Crippen molar-refractivity contribution in [2.75, 3.05) is 7.05 Å². The molecule has 0 radical (unpaired) electrons. The van der Waals surface area contributed by atoms with Crippen LogP contribution in [0.5, 0.6) is 0 Å². The fourth-order valence-electron chi connectivity index (χ4n) is 1.92. The Bertz CT molecular complexity index is 483. The number of halogens is 1. The van der Waals surface area contributed by atoms with Gasteiger partial charge in [0.05, 0.1) is 0 Å². The zero-order valence-electron chi connectivity index (χ0n) is 10.1.